The van der Waals surface area contributed by atoms with Gasteiger partial charge in [-0.3, -0.25) is 4.79 Å². The molecule has 5 nitrogen and oxygen atoms in total. The average molecular weight is 344 g/mol. The number of carbonyl (C=O) groups excluding carboxylic acids is 1. The molecule has 126 valence electrons. The Labute approximate surface area is 145 Å². The Morgan fingerprint density at radius 2 is 2.08 bits per heavy atom. The summed E-state index contributed by atoms with van der Waals surface area (Å²) < 4.78 is 0. The van der Waals surface area contributed by atoms with Crippen LogP contribution in [-0.4, -0.2) is 39.0 Å². The molecule has 0 spiro atoms. The first-order chi connectivity index (χ1) is 11.5. The van der Waals surface area contributed by atoms with Gasteiger partial charge in [0, 0.05) is 18.3 Å². The molecule has 2 aromatic rings. The summed E-state index contributed by atoms with van der Waals surface area (Å²) in [5.74, 6) is -1.09. The van der Waals surface area contributed by atoms with Gasteiger partial charge < -0.3 is 10.0 Å². The molecule has 3 rings (SSSR count). The quantitative estimate of drug-likeness (QED) is 0.905. The lowest BCUT2D eigenvalue weighted by Gasteiger charge is -2.31. The first-order valence-electron chi connectivity index (χ1n) is 8.00. The number of benzene rings is 1. The van der Waals surface area contributed by atoms with Gasteiger partial charge in [-0.25, -0.2) is 9.78 Å². The number of nitrogens with zero attached hydrogens (tertiary/aromatic N) is 2. The predicted molar refractivity (Wildman–Crippen MR) is 92.1 cm³/mol. The number of likely N-dealkylation sites (tertiary alicyclic amines) is 1. The van der Waals surface area contributed by atoms with Crippen molar-refractivity contribution in [3.05, 3.63) is 52.0 Å². The van der Waals surface area contributed by atoms with Crippen LogP contribution in [0.15, 0.2) is 35.7 Å². The molecule has 1 unspecified atom stereocenters. The number of thiazole rings is 1. The Bertz CT molecular complexity index is 744. The van der Waals surface area contributed by atoms with E-state index in [0.29, 0.717) is 13.0 Å². The number of aromatic nitrogens is 1. The lowest BCUT2D eigenvalue weighted by Crippen LogP contribution is -2.51. The highest BCUT2D eigenvalue weighted by Gasteiger charge is 2.45. The second-order valence-electron chi connectivity index (χ2n) is 6.30. The Hall–Kier alpha value is -2.21. The summed E-state index contributed by atoms with van der Waals surface area (Å²) in [5, 5.41) is 12.3. The lowest BCUT2D eigenvalue weighted by molar-refractivity contribution is -0.155. The van der Waals surface area contributed by atoms with Gasteiger partial charge in [0.1, 0.15) is 5.54 Å². The third kappa shape index (κ3) is 3.33. The van der Waals surface area contributed by atoms with E-state index in [2.05, 4.69) is 17.1 Å². The molecule has 2 heterocycles. The average Bonchev–Trinajstić information content (AvgIpc) is 3.16. The van der Waals surface area contributed by atoms with E-state index in [-0.39, 0.29) is 12.3 Å². The molecule has 0 radical (unpaired) electrons. The van der Waals surface area contributed by atoms with Gasteiger partial charge in [0.15, 0.2) is 0 Å². The molecule has 1 aromatic heterocycles. The molecule has 6 heteroatoms. The first-order valence-corrected chi connectivity index (χ1v) is 8.88. The summed E-state index contributed by atoms with van der Waals surface area (Å²) in [6.07, 6.45) is 2.14. The minimum Gasteiger partial charge on any atom is -0.480 e. The molecule has 1 aromatic carbocycles. The van der Waals surface area contributed by atoms with Crippen LogP contribution >= 0.6 is 11.3 Å². The fourth-order valence-corrected chi connectivity index (χ4v) is 3.95. The van der Waals surface area contributed by atoms with Gasteiger partial charge in [0.2, 0.25) is 5.91 Å². The van der Waals surface area contributed by atoms with Crippen LogP contribution in [0.5, 0.6) is 0 Å². The molecule has 0 bridgehead atoms. The summed E-state index contributed by atoms with van der Waals surface area (Å²) in [6, 6.07) is 10.1. The number of carbonyl (C=O) groups is 2. The number of carboxylic acid groups (broad SMARTS) is 1. The summed E-state index contributed by atoms with van der Waals surface area (Å²) in [7, 11) is 0. The van der Waals surface area contributed by atoms with Crippen LogP contribution in [0.25, 0.3) is 0 Å². The van der Waals surface area contributed by atoms with Gasteiger partial charge in [-0.2, -0.15) is 0 Å². The zero-order chi connectivity index (χ0) is 17.2. The third-order valence-electron chi connectivity index (χ3n) is 4.53. The number of amides is 1. The minimum absolute atomic E-state index is 0.158. The molecular formula is C18H20N2O3S. The molecule has 1 saturated heterocycles. The Morgan fingerprint density at radius 3 is 2.79 bits per heavy atom. The third-order valence-corrected chi connectivity index (χ3v) is 5.43. The predicted octanol–water partition coefficient (Wildman–Crippen LogP) is 2.74. The molecule has 1 fully saturated rings. The molecule has 1 aliphatic heterocycles. The first kappa shape index (κ1) is 16.6. The molecule has 0 aliphatic carbocycles. The Morgan fingerprint density at radius 1 is 1.33 bits per heavy atom. The zero-order valence-corrected chi connectivity index (χ0v) is 14.4. The highest BCUT2D eigenvalue weighted by atomic mass is 32.1. The summed E-state index contributed by atoms with van der Waals surface area (Å²) in [4.78, 5) is 30.0. The van der Waals surface area contributed by atoms with E-state index in [1.165, 1.54) is 21.8 Å². The van der Waals surface area contributed by atoms with Gasteiger partial charge >= 0.3 is 5.97 Å². The molecule has 1 atom stereocenters. The SMILES string of the molecule is CC1(C(=O)O)CCCN1C(=O)Cc1csc(Cc2ccccc2)n1. The van der Waals surface area contributed by atoms with Crippen LogP contribution in [0.1, 0.15) is 36.0 Å². The number of carboxylic acids is 1. The second kappa shape index (κ2) is 6.73. The maximum Gasteiger partial charge on any atom is 0.329 e. The fourth-order valence-electron chi connectivity index (χ4n) is 3.12. The van der Waals surface area contributed by atoms with Crippen molar-refractivity contribution in [2.75, 3.05) is 6.54 Å². The molecule has 0 saturated carbocycles. The minimum atomic E-state index is -1.08. The van der Waals surface area contributed by atoms with E-state index in [4.69, 9.17) is 0 Å². The van der Waals surface area contributed by atoms with Crippen LogP contribution in [-0.2, 0) is 22.4 Å². The van der Waals surface area contributed by atoms with Crippen molar-refractivity contribution in [3.63, 3.8) is 0 Å². The van der Waals surface area contributed by atoms with Gasteiger partial charge in [-0.15, -0.1) is 11.3 Å². The van der Waals surface area contributed by atoms with E-state index >= 15 is 0 Å². The van der Waals surface area contributed by atoms with Crippen molar-refractivity contribution in [3.8, 4) is 0 Å². The van der Waals surface area contributed by atoms with E-state index in [1.54, 1.807) is 6.92 Å². The molecule has 1 N–H and O–H groups in total. The van der Waals surface area contributed by atoms with Crippen LogP contribution in [0.3, 0.4) is 0 Å². The molecule has 24 heavy (non-hydrogen) atoms. The number of rotatable bonds is 5. The monoisotopic (exact) mass is 344 g/mol. The van der Waals surface area contributed by atoms with Gasteiger partial charge in [0.05, 0.1) is 17.1 Å². The van der Waals surface area contributed by atoms with Gasteiger partial charge in [-0.1, -0.05) is 30.3 Å². The summed E-state index contributed by atoms with van der Waals surface area (Å²) in [6.45, 7) is 2.13. The molecule has 1 aliphatic rings. The maximum absolute atomic E-state index is 12.5. The Balaban J connectivity index is 1.66. The van der Waals surface area contributed by atoms with E-state index in [0.717, 1.165) is 23.5 Å². The van der Waals surface area contributed by atoms with Crippen molar-refractivity contribution in [2.45, 2.75) is 38.1 Å². The van der Waals surface area contributed by atoms with Crippen molar-refractivity contribution < 1.29 is 14.7 Å². The molecular weight excluding hydrogens is 324 g/mol. The van der Waals surface area contributed by atoms with Gasteiger partial charge in [-0.05, 0) is 25.3 Å². The summed E-state index contributed by atoms with van der Waals surface area (Å²) >= 11 is 1.54. The number of hydrogen-bond donors (Lipinski definition) is 1. The fraction of sp³-hybridized carbons (Fsp3) is 0.389. The van der Waals surface area contributed by atoms with Crippen LogP contribution in [0.2, 0.25) is 0 Å². The standard InChI is InChI=1S/C18H20N2O3S/c1-18(17(22)23)8-5-9-20(18)16(21)11-14-12-24-15(19-14)10-13-6-3-2-4-7-13/h2-4,6-7,12H,5,8-11H2,1H3,(H,22,23). The topological polar surface area (TPSA) is 70.5 Å². The van der Waals surface area contributed by atoms with Gasteiger partial charge in [0.25, 0.3) is 0 Å². The lowest BCUT2D eigenvalue weighted by atomic mass is 9.99. The largest absolute Gasteiger partial charge is 0.480 e. The normalized spacial score (nSPS) is 20.3. The van der Waals surface area contributed by atoms with Crippen molar-refractivity contribution in [1.29, 1.82) is 0 Å². The van der Waals surface area contributed by atoms with Crippen molar-refractivity contribution in [1.82, 2.24) is 9.88 Å². The van der Waals surface area contributed by atoms with Crippen LogP contribution in [0, 0.1) is 0 Å². The van der Waals surface area contributed by atoms with Crippen LogP contribution < -0.4 is 0 Å². The van der Waals surface area contributed by atoms with E-state index in [1.807, 2.05) is 23.6 Å². The molecule has 1 amide bonds. The van der Waals surface area contributed by atoms with E-state index < -0.39 is 11.5 Å². The second-order valence-corrected chi connectivity index (χ2v) is 7.24. The Kier molecular flexibility index (Phi) is 4.66. The highest BCUT2D eigenvalue weighted by Crippen LogP contribution is 2.30. The van der Waals surface area contributed by atoms with Crippen molar-refractivity contribution >= 4 is 23.2 Å². The highest BCUT2D eigenvalue weighted by molar-refractivity contribution is 7.09. The van der Waals surface area contributed by atoms with Crippen molar-refractivity contribution in [2.24, 2.45) is 0 Å². The maximum atomic E-state index is 12.5. The van der Waals surface area contributed by atoms with E-state index in [9.17, 15) is 14.7 Å². The smallest absolute Gasteiger partial charge is 0.329 e. The zero-order valence-electron chi connectivity index (χ0n) is 13.6. The van der Waals surface area contributed by atoms with Crippen LogP contribution in [0.4, 0.5) is 0 Å². The summed E-state index contributed by atoms with van der Waals surface area (Å²) in [5.41, 5.74) is 0.818. The number of aliphatic carboxylic acids is 1. The number of hydrogen-bond acceptors (Lipinski definition) is 4.